The summed E-state index contributed by atoms with van der Waals surface area (Å²) in [6.45, 7) is 15.5. The van der Waals surface area contributed by atoms with Gasteiger partial charge in [0.25, 0.3) is 0 Å². The van der Waals surface area contributed by atoms with Crippen molar-refractivity contribution in [3.05, 3.63) is 24.8 Å². The second-order valence-electron chi connectivity index (χ2n) is 4.18. The Morgan fingerprint density at radius 3 is 2.11 bits per heavy atom. The first-order valence-corrected chi connectivity index (χ1v) is 7.05. The summed E-state index contributed by atoms with van der Waals surface area (Å²) in [5.41, 5.74) is 0. The fourth-order valence-corrected chi connectivity index (χ4v) is 1.33. The van der Waals surface area contributed by atoms with Crippen LogP contribution in [0.5, 0.6) is 0 Å². The second-order valence-corrected chi connectivity index (χ2v) is 4.18. The molecular formula is C16H33F2N. The van der Waals surface area contributed by atoms with Crippen LogP contribution in [0.3, 0.4) is 0 Å². The summed E-state index contributed by atoms with van der Waals surface area (Å²) in [7, 11) is 0.500. The van der Waals surface area contributed by atoms with Gasteiger partial charge in [0.15, 0.2) is 0 Å². The molecule has 0 aliphatic heterocycles. The minimum absolute atomic E-state index is 0.337. The van der Waals surface area contributed by atoms with Gasteiger partial charge in [0, 0.05) is 6.54 Å². The Balaban J connectivity index is -0.000000307. The van der Waals surface area contributed by atoms with E-state index in [9.17, 15) is 8.78 Å². The van der Waals surface area contributed by atoms with Gasteiger partial charge in [-0.05, 0) is 32.4 Å². The highest BCUT2D eigenvalue weighted by molar-refractivity contribution is 4.77. The molecule has 0 aromatic rings. The third-order valence-electron chi connectivity index (χ3n) is 2.55. The number of hydrogen-bond acceptors (Lipinski definition) is 1. The van der Waals surface area contributed by atoms with E-state index >= 15 is 0 Å². The van der Waals surface area contributed by atoms with Crippen molar-refractivity contribution in [1.29, 1.82) is 0 Å². The van der Waals surface area contributed by atoms with Gasteiger partial charge in [-0.1, -0.05) is 45.4 Å². The lowest BCUT2D eigenvalue weighted by Crippen LogP contribution is -2.28. The fourth-order valence-electron chi connectivity index (χ4n) is 1.33. The van der Waals surface area contributed by atoms with E-state index < -0.39 is 0 Å². The molecule has 0 aliphatic carbocycles. The summed E-state index contributed by atoms with van der Waals surface area (Å²) in [5.74, 6) is 0.627. The average molecular weight is 277 g/mol. The molecule has 0 aromatic heterocycles. The SMILES string of the molecule is C/C=C\CF.C=CC(C)CN(CC)CCCC.CF. The number of alkyl halides is 2. The minimum Gasteiger partial charge on any atom is -0.303 e. The Labute approximate surface area is 119 Å². The van der Waals surface area contributed by atoms with Crippen LogP contribution in [0.2, 0.25) is 0 Å². The van der Waals surface area contributed by atoms with Crippen molar-refractivity contribution in [2.24, 2.45) is 5.92 Å². The van der Waals surface area contributed by atoms with Crippen LogP contribution < -0.4 is 0 Å². The maximum absolute atomic E-state index is 10.9. The zero-order valence-corrected chi connectivity index (χ0v) is 13.5. The average Bonchev–Trinajstić information content (AvgIpc) is 2.46. The van der Waals surface area contributed by atoms with Gasteiger partial charge in [-0.25, -0.2) is 4.39 Å². The molecule has 0 bridgehead atoms. The Hall–Kier alpha value is -0.700. The monoisotopic (exact) mass is 277 g/mol. The van der Waals surface area contributed by atoms with Crippen LogP contribution in [0, 0.1) is 5.92 Å². The summed E-state index contributed by atoms with van der Waals surface area (Å²) in [4.78, 5) is 2.50. The van der Waals surface area contributed by atoms with Crippen molar-refractivity contribution in [1.82, 2.24) is 4.90 Å². The normalized spacial score (nSPS) is 11.4. The second kappa shape index (κ2) is 22.5. The van der Waals surface area contributed by atoms with Gasteiger partial charge in [-0.3, -0.25) is 4.39 Å². The number of nitrogens with zero attached hydrogens (tertiary/aromatic N) is 1. The number of rotatable bonds is 8. The smallest absolute Gasteiger partial charge is 0.108 e. The van der Waals surface area contributed by atoms with E-state index in [-0.39, 0.29) is 6.67 Å². The molecule has 116 valence electrons. The third kappa shape index (κ3) is 22.9. The largest absolute Gasteiger partial charge is 0.303 e. The lowest BCUT2D eigenvalue weighted by molar-refractivity contribution is 0.262. The molecule has 0 heterocycles. The van der Waals surface area contributed by atoms with Crippen LogP contribution in [0.1, 0.15) is 40.5 Å². The maximum Gasteiger partial charge on any atom is 0.108 e. The van der Waals surface area contributed by atoms with Crippen molar-refractivity contribution in [3.8, 4) is 0 Å². The highest BCUT2D eigenvalue weighted by Crippen LogP contribution is 2.02. The van der Waals surface area contributed by atoms with E-state index in [1.807, 2.05) is 6.08 Å². The van der Waals surface area contributed by atoms with Crippen molar-refractivity contribution < 1.29 is 8.78 Å². The highest BCUT2D eigenvalue weighted by atomic mass is 19.1. The Kier molecular flexibility index (Phi) is 27.7. The van der Waals surface area contributed by atoms with Gasteiger partial charge < -0.3 is 4.90 Å². The molecule has 0 amide bonds. The summed E-state index contributed by atoms with van der Waals surface area (Å²) in [5, 5.41) is 0. The predicted molar refractivity (Wildman–Crippen MR) is 84.2 cm³/mol. The molecule has 0 radical (unpaired) electrons. The molecule has 0 fully saturated rings. The third-order valence-corrected chi connectivity index (χ3v) is 2.55. The van der Waals surface area contributed by atoms with Crippen LogP contribution in [0.4, 0.5) is 8.78 Å². The first kappa shape index (κ1) is 23.4. The van der Waals surface area contributed by atoms with Gasteiger partial charge in [-0.2, -0.15) is 0 Å². The molecule has 19 heavy (non-hydrogen) atoms. The fraction of sp³-hybridized carbons (Fsp3) is 0.750. The molecule has 0 N–H and O–H groups in total. The number of halogens is 2. The highest BCUT2D eigenvalue weighted by Gasteiger charge is 2.04. The Morgan fingerprint density at radius 1 is 1.26 bits per heavy atom. The van der Waals surface area contributed by atoms with Crippen LogP contribution in [0.15, 0.2) is 24.8 Å². The molecule has 3 heteroatoms. The van der Waals surface area contributed by atoms with E-state index in [1.165, 1.54) is 32.0 Å². The van der Waals surface area contributed by atoms with Crippen LogP contribution >= 0.6 is 0 Å². The summed E-state index contributed by atoms with van der Waals surface area (Å²) in [6.07, 6.45) is 7.78. The van der Waals surface area contributed by atoms with E-state index in [1.54, 1.807) is 13.0 Å². The van der Waals surface area contributed by atoms with E-state index in [0.29, 0.717) is 13.1 Å². The van der Waals surface area contributed by atoms with Crippen LogP contribution in [-0.2, 0) is 0 Å². The number of allylic oxidation sites excluding steroid dienone is 2. The Morgan fingerprint density at radius 2 is 1.84 bits per heavy atom. The van der Waals surface area contributed by atoms with Gasteiger partial charge in [0.05, 0.1) is 7.18 Å². The maximum atomic E-state index is 10.9. The first-order chi connectivity index (χ1) is 9.15. The summed E-state index contributed by atoms with van der Waals surface area (Å²) >= 11 is 0. The lowest BCUT2D eigenvalue weighted by atomic mass is 10.1. The number of unbranched alkanes of at least 4 members (excludes halogenated alkanes) is 1. The van der Waals surface area contributed by atoms with Gasteiger partial charge in [0.1, 0.15) is 6.67 Å². The van der Waals surface area contributed by atoms with Gasteiger partial charge in [0.2, 0.25) is 0 Å². The molecule has 0 aromatic carbocycles. The van der Waals surface area contributed by atoms with Gasteiger partial charge >= 0.3 is 0 Å². The Bertz CT molecular complexity index is 182. The van der Waals surface area contributed by atoms with Crippen molar-refractivity contribution >= 4 is 0 Å². The molecule has 0 rings (SSSR count). The first-order valence-electron chi connectivity index (χ1n) is 7.05. The minimum atomic E-state index is -0.337. The molecule has 0 saturated heterocycles. The standard InChI is InChI=1S/C11H23N.C4H7F.CH3F/c1-5-8-9-12(7-3)10-11(4)6-2;1-2-3-4-5;1-2/h6,11H,2,5,7-10H2,1,3-4H3;2-3H,4H2,1H3;1H3/b;3-2-;. The van der Waals surface area contributed by atoms with E-state index in [0.717, 1.165) is 6.54 Å². The zero-order chi connectivity index (χ0) is 15.5. The molecule has 1 atom stereocenters. The predicted octanol–water partition coefficient (Wildman–Crippen LogP) is 5.05. The van der Waals surface area contributed by atoms with Crippen molar-refractivity contribution in [2.45, 2.75) is 40.5 Å². The molecule has 1 unspecified atom stereocenters. The zero-order valence-electron chi connectivity index (χ0n) is 13.5. The summed E-state index contributed by atoms with van der Waals surface area (Å²) < 4.78 is 20.4. The molecule has 0 aliphatic rings. The topological polar surface area (TPSA) is 3.24 Å². The van der Waals surface area contributed by atoms with Crippen LogP contribution in [0.25, 0.3) is 0 Å². The molecule has 0 spiro atoms. The molecule has 0 saturated carbocycles. The molecular weight excluding hydrogens is 244 g/mol. The molecule has 1 nitrogen and oxygen atoms in total. The van der Waals surface area contributed by atoms with Crippen LogP contribution in [-0.4, -0.2) is 38.4 Å². The summed E-state index contributed by atoms with van der Waals surface area (Å²) in [6, 6.07) is 0. The van der Waals surface area contributed by atoms with Gasteiger partial charge in [-0.15, -0.1) is 6.58 Å². The number of hydrogen-bond donors (Lipinski definition) is 0. The lowest BCUT2D eigenvalue weighted by Gasteiger charge is -2.22. The van der Waals surface area contributed by atoms with E-state index in [4.69, 9.17) is 0 Å². The van der Waals surface area contributed by atoms with Crippen molar-refractivity contribution in [2.75, 3.05) is 33.5 Å². The van der Waals surface area contributed by atoms with E-state index in [2.05, 4.69) is 32.3 Å². The quantitative estimate of drug-likeness (QED) is 0.561. The van der Waals surface area contributed by atoms with Crippen molar-refractivity contribution in [3.63, 3.8) is 0 Å².